The SMILES string of the molecule is c1ccc(-c2nc(-c3ccccc3)nc(-c3ccc(-n4c5ccccc5c5ccc(-c6cccc7c6[I-]c6ccccc6-7)cc54)cc3)n2)cc1. The Bertz CT molecular complexity index is 2660. The molecule has 0 saturated carbocycles. The number of hydrogen-bond donors (Lipinski definition) is 0. The summed E-state index contributed by atoms with van der Waals surface area (Å²) in [6, 6.07) is 60.3. The van der Waals surface area contributed by atoms with Crippen molar-refractivity contribution in [3.05, 3.63) is 177 Å². The summed E-state index contributed by atoms with van der Waals surface area (Å²) in [5.74, 6) is 1.97. The van der Waals surface area contributed by atoms with Gasteiger partial charge in [-0.05, 0) is 0 Å². The molecule has 0 saturated heterocycles. The molecule has 0 bridgehead atoms. The van der Waals surface area contributed by atoms with Crippen LogP contribution in [0.1, 0.15) is 0 Å². The van der Waals surface area contributed by atoms with E-state index in [1.807, 2.05) is 60.7 Å². The first-order valence-corrected chi connectivity index (χ1v) is 18.8. The number of hydrogen-bond acceptors (Lipinski definition) is 3. The zero-order valence-electron chi connectivity index (χ0n) is 26.8. The van der Waals surface area contributed by atoms with Gasteiger partial charge in [-0.3, -0.25) is 0 Å². The van der Waals surface area contributed by atoms with E-state index >= 15 is 0 Å². The molecule has 0 unspecified atom stereocenters. The number of aromatic nitrogens is 4. The maximum atomic E-state index is 4.95. The fraction of sp³-hybridized carbons (Fsp3) is 0. The molecule has 0 atom stereocenters. The van der Waals surface area contributed by atoms with Crippen LogP contribution in [0.3, 0.4) is 0 Å². The minimum atomic E-state index is -0.246. The van der Waals surface area contributed by atoms with Gasteiger partial charge in [0.1, 0.15) is 0 Å². The minimum absolute atomic E-state index is 0.246. The molecular formula is C45H28IN4-. The molecule has 2 aromatic heterocycles. The van der Waals surface area contributed by atoms with Gasteiger partial charge in [0.25, 0.3) is 0 Å². The molecule has 0 aliphatic carbocycles. The van der Waals surface area contributed by atoms with Crippen LogP contribution in [0.15, 0.2) is 170 Å². The third-order valence-electron chi connectivity index (χ3n) is 9.43. The zero-order valence-corrected chi connectivity index (χ0v) is 29.0. The van der Waals surface area contributed by atoms with E-state index in [9.17, 15) is 0 Å². The van der Waals surface area contributed by atoms with Gasteiger partial charge in [0.2, 0.25) is 0 Å². The Morgan fingerprint density at radius 1 is 0.380 bits per heavy atom. The molecule has 236 valence electrons. The number of rotatable bonds is 5. The standard InChI is InChI=1S/C45H28IN4/c1-3-12-29(13-4-1)43-47-44(30-14-5-2-6-15-30)49-45(48-43)31-22-25-33(26-23-31)50-40-21-10-8-17-36(40)37-27-24-32(28-41(37)50)34-18-11-19-38-35-16-7-9-20-39(35)46-42(34)38/h1-28H/q-1. The Balaban J connectivity index is 1.10. The normalized spacial score (nSPS) is 12.1. The van der Waals surface area contributed by atoms with Gasteiger partial charge in [-0.2, -0.15) is 0 Å². The fourth-order valence-corrected chi connectivity index (χ4v) is 10.3. The molecule has 0 fully saturated rings. The van der Waals surface area contributed by atoms with Gasteiger partial charge >= 0.3 is 213 Å². The molecule has 50 heavy (non-hydrogen) atoms. The van der Waals surface area contributed by atoms with E-state index < -0.39 is 0 Å². The summed E-state index contributed by atoms with van der Waals surface area (Å²) < 4.78 is 5.42. The van der Waals surface area contributed by atoms with Crippen LogP contribution in [-0.2, 0) is 0 Å². The van der Waals surface area contributed by atoms with E-state index in [1.165, 1.54) is 51.2 Å². The third-order valence-corrected chi connectivity index (χ3v) is 12.7. The van der Waals surface area contributed by atoms with Crippen molar-refractivity contribution in [3.8, 4) is 62.1 Å². The average molecular weight is 752 g/mol. The second kappa shape index (κ2) is 11.9. The van der Waals surface area contributed by atoms with Gasteiger partial charge < -0.3 is 0 Å². The van der Waals surface area contributed by atoms with E-state index in [0.29, 0.717) is 17.5 Å². The van der Waals surface area contributed by atoms with Crippen molar-refractivity contribution in [2.75, 3.05) is 0 Å². The number of para-hydroxylation sites is 1. The van der Waals surface area contributed by atoms with Crippen LogP contribution in [0.2, 0.25) is 0 Å². The Morgan fingerprint density at radius 2 is 0.920 bits per heavy atom. The zero-order chi connectivity index (χ0) is 33.0. The van der Waals surface area contributed by atoms with Crippen LogP contribution in [0, 0.1) is 7.14 Å². The van der Waals surface area contributed by atoms with E-state index in [4.69, 9.17) is 15.0 Å². The first-order chi connectivity index (χ1) is 24.8. The van der Waals surface area contributed by atoms with E-state index in [1.54, 1.807) is 0 Å². The van der Waals surface area contributed by atoms with Crippen molar-refractivity contribution in [3.63, 3.8) is 0 Å². The van der Waals surface area contributed by atoms with Crippen LogP contribution in [-0.4, -0.2) is 19.5 Å². The molecule has 4 nitrogen and oxygen atoms in total. The summed E-state index contributed by atoms with van der Waals surface area (Å²) in [6.45, 7) is 0. The second-order valence-corrected chi connectivity index (χ2v) is 15.2. The van der Waals surface area contributed by atoms with Crippen LogP contribution in [0.25, 0.3) is 83.9 Å². The number of benzene rings is 7. The van der Waals surface area contributed by atoms with E-state index in [2.05, 4.69) is 114 Å². The summed E-state index contributed by atoms with van der Waals surface area (Å²) in [7, 11) is 0. The van der Waals surface area contributed by atoms with Gasteiger partial charge in [-0.25, -0.2) is 4.98 Å². The Hall–Kier alpha value is -5.92. The smallest absolute Gasteiger partial charge is 0.0615 e. The monoisotopic (exact) mass is 751 g/mol. The minimum Gasteiger partial charge on any atom is -0.0615 e. The summed E-state index contributed by atoms with van der Waals surface area (Å²) >= 11 is -0.246. The molecule has 1 aliphatic rings. The van der Waals surface area contributed by atoms with E-state index in [-0.39, 0.29) is 21.2 Å². The first-order valence-electron chi connectivity index (χ1n) is 16.7. The van der Waals surface area contributed by atoms with Gasteiger partial charge in [-0.15, -0.1) is 0 Å². The van der Waals surface area contributed by atoms with Crippen molar-refractivity contribution >= 4 is 21.8 Å². The molecule has 5 heteroatoms. The number of nitrogens with zero attached hydrogens (tertiary/aromatic N) is 4. The van der Waals surface area contributed by atoms with Crippen LogP contribution >= 0.6 is 0 Å². The molecule has 0 radical (unpaired) electrons. The summed E-state index contributed by atoms with van der Waals surface area (Å²) in [4.78, 5) is 14.8. The Morgan fingerprint density at radius 3 is 1.64 bits per heavy atom. The topological polar surface area (TPSA) is 43.6 Å². The molecule has 7 aromatic carbocycles. The molecule has 0 amide bonds. The van der Waals surface area contributed by atoms with Gasteiger partial charge in [0, 0.05) is 11.1 Å². The van der Waals surface area contributed by atoms with Crippen molar-refractivity contribution in [1.29, 1.82) is 0 Å². The summed E-state index contributed by atoms with van der Waals surface area (Å²) in [6.07, 6.45) is 0. The van der Waals surface area contributed by atoms with Crippen LogP contribution in [0.4, 0.5) is 0 Å². The quantitative estimate of drug-likeness (QED) is 0.169. The molecule has 10 rings (SSSR count). The molecule has 0 spiro atoms. The number of halogens is 1. The predicted molar refractivity (Wildman–Crippen MR) is 199 cm³/mol. The fourth-order valence-electron chi connectivity index (χ4n) is 7.04. The first kappa shape index (κ1) is 29.0. The van der Waals surface area contributed by atoms with E-state index in [0.717, 1.165) is 22.4 Å². The summed E-state index contributed by atoms with van der Waals surface area (Å²) in [5.41, 5.74) is 11.7. The van der Waals surface area contributed by atoms with Crippen molar-refractivity contribution in [2.45, 2.75) is 0 Å². The van der Waals surface area contributed by atoms with Crippen molar-refractivity contribution in [1.82, 2.24) is 19.5 Å². The molecule has 0 N–H and O–H groups in total. The van der Waals surface area contributed by atoms with Crippen LogP contribution < -0.4 is 21.2 Å². The average Bonchev–Trinajstić information content (AvgIpc) is 3.74. The van der Waals surface area contributed by atoms with Gasteiger partial charge in [-0.1, -0.05) is 60.7 Å². The molecule has 1 aliphatic heterocycles. The Kier molecular flexibility index (Phi) is 6.91. The van der Waals surface area contributed by atoms with Crippen molar-refractivity contribution in [2.24, 2.45) is 0 Å². The maximum absolute atomic E-state index is 4.95. The third kappa shape index (κ3) is 4.84. The van der Waals surface area contributed by atoms with Crippen molar-refractivity contribution < 1.29 is 21.2 Å². The predicted octanol–water partition coefficient (Wildman–Crippen LogP) is 7.75. The number of fused-ring (bicyclic) bond motifs is 6. The molecular weight excluding hydrogens is 723 g/mol. The van der Waals surface area contributed by atoms with Crippen LogP contribution in [0.5, 0.6) is 0 Å². The summed E-state index contributed by atoms with van der Waals surface area (Å²) in [5, 5.41) is 2.49. The molecule has 3 heterocycles. The second-order valence-electron chi connectivity index (χ2n) is 12.4. The van der Waals surface area contributed by atoms with Gasteiger partial charge in [0.05, 0.1) is 0 Å². The molecule has 9 aromatic rings. The van der Waals surface area contributed by atoms with Gasteiger partial charge in [0.15, 0.2) is 11.6 Å². The Labute approximate surface area is 300 Å².